The van der Waals surface area contributed by atoms with Crippen molar-refractivity contribution in [2.75, 3.05) is 63.8 Å². The molecule has 3 N–H and O–H groups in total. The van der Waals surface area contributed by atoms with Crippen LogP contribution in [0, 0.1) is 5.92 Å². The molecule has 2 aliphatic rings. The van der Waals surface area contributed by atoms with Crippen molar-refractivity contribution < 1.29 is 4.79 Å². The van der Waals surface area contributed by atoms with Crippen molar-refractivity contribution in [1.82, 2.24) is 20.9 Å². The molecule has 7 heteroatoms. The van der Waals surface area contributed by atoms with Gasteiger partial charge in [0.25, 0.3) is 0 Å². The smallest absolute Gasteiger partial charge is 0.223 e. The van der Waals surface area contributed by atoms with Crippen LogP contribution in [0.2, 0.25) is 0 Å². The van der Waals surface area contributed by atoms with Gasteiger partial charge in [0.2, 0.25) is 5.91 Å². The van der Waals surface area contributed by atoms with Crippen LogP contribution in [0.25, 0.3) is 0 Å². The van der Waals surface area contributed by atoms with Crippen molar-refractivity contribution in [3.63, 3.8) is 0 Å². The summed E-state index contributed by atoms with van der Waals surface area (Å²) in [6.45, 7) is 10.5. The second-order valence-electron chi connectivity index (χ2n) is 7.77. The highest BCUT2D eigenvalue weighted by atomic mass is 16.2. The molecule has 29 heavy (non-hydrogen) atoms. The van der Waals surface area contributed by atoms with E-state index in [0.29, 0.717) is 13.1 Å². The standard InChI is InChI=1S/C22H36N6O/c1-2-23-22(26-13-12-24-21(29)19-9-10-19)25-11-6-14-27-15-17-28(18-16-27)20-7-4-3-5-8-20/h3-5,7-8,19H,2,6,9-18H2,1H3,(H,24,29)(H2,23,25,26). The maximum Gasteiger partial charge on any atom is 0.223 e. The van der Waals surface area contributed by atoms with E-state index in [-0.39, 0.29) is 11.8 Å². The number of aliphatic imine (C=N–C) groups is 1. The van der Waals surface area contributed by atoms with Gasteiger partial charge in [-0.05, 0) is 38.3 Å². The number of nitrogens with zero attached hydrogens (tertiary/aromatic N) is 3. The summed E-state index contributed by atoms with van der Waals surface area (Å²) in [5, 5.41) is 9.55. The number of carbonyl (C=O) groups is 1. The lowest BCUT2D eigenvalue weighted by Gasteiger charge is -2.36. The minimum Gasteiger partial charge on any atom is -0.369 e. The van der Waals surface area contributed by atoms with Gasteiger partial charge in [-0.15, -0.1) is 0 Å². The topological polar surface area (TPSA) is 72.0 Å². The van der Waals surface area contributed by atoms with Gasteiger partial charge in [-0.1, -0.05) is 18.2 Å². The fourth-order valence-electron chi connectivity index (χ4n) is 3.55. The number of para-hydroxylation sites is 1. The van der Waals surface area contributed by atoms with Crippen molar-refractivity contribution >= 4 is 17.6 Å². The summed E-state index contributed by atoms with van der Waals surface area (Å²) in [6.07, 6.45) is 3.15. The van der Waals surface area contributed by atoms with Crippen LogP contribution in [-0.4, -0.2) is 75.7 Å². The first kappa shape index (κ1) is 21.4. The van der Waals surface area contributed by atoms with Crippen LogP contribution in [0.5, 0.6) is 0 Å². The highest BCUT2D eigenvalue weighted by Crippen LogP contribution is 2.28. The van der Waals surface area contributed by atoms with Crippen molar-refractivity contribution in [2.24, 2.45) is 10.9 Å². The molecule has 3 rings (SSSR count). The Bertz CT molecular complexity index is 638. The molecule has 1 heterocycles. The van der Waals surface area contributed by atoms with E-state index in [0.717, 1.165) is 71.0 Å². The number of piperazine rings is 1. The molecule has 0 bridgehead atoms. The van der Waals surface area contributed by atoms with Crippen molar-refractivity contribution in [3.05, 3.63) is 30.3 Å². The molecule has 0 unspecified atom stereocenters. The number of nitrogens with one attached hydrogen (secondary N) is 3. The lowest BCUT2D eigenvalue weighted by Crippen LogP contribution is -2.46. The largest absolute Gasteiger partial charge is 0.369 e. The minimum atomic E-state index is 0.195. The van der Waals surface area contributed by atoms with Crippen LogP contribution in [-0.2, 0) is 4.79 Å². The maximum atomic E-state index is 11.6. The number of amides is 1. The Hall–Kier alpha value is -2.28. The normalized spacial score (nSPS) is 17.8. The van der Waals surface area contributed by atoms with E-state index in [1.807, 2.05) is 0 Å². The van der Waals surface area contributed by atoms with E-state index in [2.05, 4.69) is 68.0 Å². The minimum absolute atomic E-state index is 0.195. The first-order chi connectivity index (χ1) is 14.3. The molecule has 7 nitrogen and oxygen atoms in total. The Morgan fingerprint density at radius 3 is 2.45 bits per heavy atom. The van der Waals surface area contributed by atoms with Crippen LogP contribution in [0.4, 0.5) is 5.69 Å². The predicted octanol–water partition coefficient (Wildman–Crippen LogP) is 1.28. The number of guanidine groups is 1. The molecule has 1 saturated carbocycles. The van der Waals surface area contributed by atoms with E-state index in [1.165, 1.54) is 5.69 Å². The molecular formula is C22H36N6O. The molecule has 0 radical (unpaired) electrons. The Kier molecular flexibility index (Phi) is 8.61. The maximum absolute atomic E-state index is 11.6. The third-order valence-electron chi connectivity index (χ3n) is 5.41. The molecule has 0 aromatic heterocycles. The zero-order valence-electron chi connectivity index (χ0n) is 17.7. The van der Waals surface area contributed by atoms with Crippen molar-refractivity contribution in [1.29, 1.82) is 0 Å². The third kappa shape index (κ3) is 7.57. The van der Waals surface area contributed by atoms with Gasteiger partial charge >= 0.3 is 0 Å². The third-order valence-corrected chi connectivity index (χ3v) is 5.41. The second kappa shape index (κ2) is 11.7. The van der Waals surface area contributed by atoms with Crippen molar-refractivity contribution in [2.45, 2.75) is 26.2 Å². The first-order valence-corrected chi connectivity index (χ1v) is 11.1. The SMILES string of the molecule is CCNC(=NCCCN1CCN(c2ccccc2)CC1)NCCNC(=O)C1CC1. The number of rotatable bonds is 10. The lowest BCUT2D eigenvalue weighted by atomic mass is 10.2. The van der Waals surface area contributed by atoms with Gasteiger partial charge in [0.1, 0.15) is 0 Å². The van der Waals surface area contributed by atoms with Crippen LogP contribution in [0.15, 0.2) is 35.3 Å². The Balaban J connectivity index is 1.28. The molecule has 1 aromatic carbocycles. The molecule has 1 aliphatic heterocycles. The van der Waals surface area contributed by atoms with Gasteiger partial charge < -0.3 is 20.9 Å². The molecule has 2 fully saturated rings. The predicted molar refractivity (Wildman–Crippen MR) is 119 cm³/mol. The average molecular weight is 401 g/mol. The van der Waals surface area contributed by atoms with Crippen LogP contribution in [0.1, 0.15) is 26.2 Å². The Morgan fingerprint density at radius 1 is 1.03 bits per heavy atom. The van der Waals surface area contributed by atoms with Crippen LogP contribution >= 0.6 is 0 Å². The summed E-state index contributed by atoms with van der Waals surface area (Å²) in [4.78, 5) is 21.3. The zero-order valence-corrected chi connectivity index (χ0v) is 17.7. The Labute approximate surface area is 174 Å². The molecule has 0 spiro atoms. The van der Waals surface area contributed by atoms with Crippen LogP contribution in [0.3, 0.4) is 0 Å². The summed E-state index contributed by atoms with van der Waals surface area (Å²) in [5.74, 6) is 1.30. The average Bonchev–Trinajstić information content (AvgIpc) is 3.60. The number of hydrogen-bond acceptors (Lipinski definition) is 4. The van der Waals surface area contributed by atoms with Gasteiger partial charge in [-0.25, -0.2) is 0 Å². The molecule has 1 aliphatic carbocycles. The number of hydrogen-bond donors (Lipinski definition) is 3. The summed E-state index contributed by atoms with van der Waals surface area (Å²) < 4.78 is 0. The molecule has 0 atom stereocenters. The summed E-state index contributed by atoms with van der Waals surface area (Å²) >= 11 is 0. The van der Waals surface area contributed by atoms with E-state index < -0.39 is 0 Å². The second-order valence-corrected chi connectivity index (χ2v) is 7.77. The summed E-state index contributed by atoms with van der Waals surface area (Å²) in [5.41, 5.74) is 1.33. The van der Waals surface area contributed by atoms with E-state index in [1.54, 1.807) is 0 Å². The lowest BCUT2D eigenvalue weighted by molar-refractivity contribution is -0.122. The Morgan fingerprint density at radius 2 is 1.76 bits per heavy atom. The highest BCUT2D eigenvalue weighted by molar-refractivity contribution is 5.81. The van der Waals surface area contributed by atoms with Gasteiger partial charge in [0.05, 0.1) is 0 Å². The highest BCUT2D eigenvalue weighted by Gasteiger charge is 2.28. The number of carbonyl (C=O) groups excluding carboxylic acids is 1. The monoisotopic (exact) mass is 400 g/mol. The number of anilines is 1. The molecular weight excluding hydrogens is 364 g/mol. The fourth-order valence-corrected chi connectivity index (χ4v) is 3.55. The number of benzene rings is 1. The first-order valence-electron chi connectivity index (χ1n) is 11.1. The molecule has 160 valence electrons. The summed E-state index contributed by atoms with van der Waals surface area (Å²) in [6, 6.07) is 10.7. The van der Waals surface area contributed by atoms with Gasteiger partial charge in [0, 0.05) is 70.5 Å². The van der Waals surface area contributed by atoms with Gasteiger partial charge in [-0.3, -0.25) is 14.7 Å². The molecule has 1 saturated heterocycles. The van der Waals surface area contributed by atoms with Crippen LogP contribution < -0.4 is 20.9 Å². The van der Waals surface area contributed by atoms with Gasteiger partial charge in [0.15, 0.2) is 5.96 Å². The van der Waals surface area contributed by atoms with E-state index in [9.17, 15) is 4.79 Å². The van der Waals surface area contributed by atoms with E-state index in [4.69, 9.17) is 0 Å². The fraction of sp³-hybridized carbons (Fsp3) is 0.636. The van der Waals surface area contributed by atoms with E-state index >= 15 is 0 Å². The van der Waals surface area contributed by atoms with Crippen molar-refractivity contribution in [3.8, 4) is 0 Å². The molecule has 1 aromatic rings. The molecule has 1 amide bonds. The summed E-state index contributed by atoms with van der Waals surface area (Å²) in [7, 11) is 0. The van der Waals surface area contributed by atoms with Gasteiger partial charge in [-0.2, -0.15) is 0 Å². The zero-order chi connectivity index (χ0) is 20.3. The quantitative estimate of drug-likeness (QED) is 0.314.